The Morgan fingerprint density at radius 1 is 1.44 bits per heavy atom. The second kappa shape index (κ2) is 4.08. The first-order valence-corrected chi connectivity index (χ1v) is 4.86. The van der Waals surface area contributed by atoms with Gasteiger partial charge < -0.3 is 9.84 Å². The number of para-hydroxylation sites is 1. The van der Waals surface area contributed by atoms with Gasteiger partial charge in [-0.1, -0.05) is 18.2 Å². The van der Waals surface area contributed by atoms with Crippen LogP contribution in [-0.4, -0.2) is 17.7 Å². The van der Waals surface area contributed by atoms with Gasteiger partial charge in [0.2, 0.25) is 0 Å². The Labute approximate surface area is 90.7 Å². The van der Waals surface area contributed by atoms with Crippen LogP contribution in [0.3, 0.4) is 0 Å². The van der Waals surface area contributed by atoms with Crippen molar-refractivity contribution in [2.75, 3.05) is 0 Å². The number of carbonyl (C=O) groups is 1. The molecule has 0 aliphatic heterocycles. The lowest BCUT2D eigenvalue weighted by Gasteiger charge is -2.09. The van der Waals surface area contributed by atoms with E-state index in [0.29, 0.717) is 12.0 Å². The van der Waals surface area contributed by atoms with Crippen LogP contribution in [0.5, 0.6) is 5.75 Å². The average Bonchev–Trinajstić information content (AvgIpc) is 2.97. The summed E-state index contributed by atoms with van der Waals surface area (Å²) < 4.78 is 28.6. The third-order valence-electron chi connectivity index (χ3n) is 2.64. The Hall–Kier alpha value is -1.65. The Kier molecular flexibility index (Phi) is 2.77. The van der Waals surface area contributed by atoms with Crippen molar-refractivity contribution in [3.63, 3.8) is 0 Å². The first-order valence-electron chi connectivity index (χ1n) is 4.86. The van der Waals surface area contributed by atoms with Crippen molar-refractivity contribution in [2.24, 2.45) is 5.92 Å². The lowest BCUT2D eigenvalue weighted by atomic mass is 10.1. The van der Waals surface area contributed by atoms with Crippen molar-refractivity contribution in [3.8, 4) is 5.75 Å². The molecule has 1 aromatic carbocycles. The highest BCUT2D eigenvalue weighted by atomic mass is 19.3. The van der Waals surface area contributed by atoms with Gasteiger partial charge in [0.25, 0.3) is 0 Å². The summed E-state index contributed by atoms with van der Waals surface area (Å²) in [7, 11) is 0. The molecule has 0 radical (unpaired) electrons. The van der Waals surface area contributed by atoms with Gasteiger partial charge in [0.05, 0.1) is 5.92 Å². The summed E-state index contributed by atoms with van der Waals surface area (Å²) in [6.07, 6.45) is 0.485. The van der Waals surface area contributed by atoms with Crippen LogP contribution >= 0.6 is 0 Å². The van der Waals surface area contributed by atoms with E-state index in [9.17, 15) is 13.6 Å². The zero-order valence-corrected chi connectivity index (χ0v) is 8.27. The fourth-order valence-corrected chi connectivity index (χ4v) is 1.80. The number of alkyl halides is 2. The van der Waals surface area contributed by atoms with Crippen LogP contribution in [0.25, 0.3) is 0 Å². The molecule has 0 saturated heterocycles. The van der Waals surface area contributed by atoms with Crippen molar-refractivity contribution < 1.29 is 23.4 Å². The van der Waals surface area contributed by atoms with E-state index in [0.717, 1.165) is 0 Å². The topological polar surface area (TPSA) is 46.5 Å². The molecular weight excluding hydrogens is 218 g/mol. The molecule has 0 amide bonds. The quantitative estimate of drug-likeness (QED) is 0.861. The van der Waals surface area contributed by atoms with Crippen molar-refractivity contribution in [3.05, 3.63) is 29.8 Å². The molecule has 0 unspecified atom stereocenters. The highest BCUT2D eigenvalue weighted by molar-refractivity contribution is 5.75. The number of rotatable bonds is 4. The van der Waals surface area contributed by atoms with Gasteiger partial charge >= 0.3 is 12.6 Å². The molecule has 16 heavy (non-hydrogen) atoms. The molecule has 86 valence electrons. The number of halogens is 2. The number of aliphatic carboxylic acids is 1. The minimum Gasteiger partial charge on any atom is -0.481 e. The number of hydrogen-bond acceptors (Lipinski definition) is 2. The zero-order chi connectivity index (χ0) is 11.7. The molecular formula is C11H10F2O3. The molecule has 0 aromatic heterocycles. The third-order valence-corrected chi connectivity index (χ3v) is 2.64. The Morgan fingerprint density at radius 3 is 2.69 bits per heavy atom. The van der Waals surface area contributed by atoms with E-state index in [1.165, 1.54) is 6.07 Å². The largest absolute Gasteiger partial charge is 0.481 e. The predicted molar refractivity (Wildman–Crippen MR) is 51.6 cm³/mol. The molecule has 0 heterocycles. The lowest BCUT2D eigenvalue weighted by molar-refractivity contribution is -0.138. The van der Waals surface area contributed by atoms with Gasteiger partial charge in [-0.3, -0.25) is 4.79 Å². The van der Waals surface area contributed by atoms with Gasteiger partial charge in [-0.15, -0.1) is 0 Å². The fourth-order valence-electron chi connectivity index (χ4n) is 1.80. The van der Waals surface area contributed by atoms with E-state index < -0.39 is 18.5 Å². The van der Waals surface area contributed by atoms with E-state index >= 15 is 0 Å². The molecule has 3 nitrogen and oxygen atoms in total. The summed E-state index contributed by atoms with van der Waals surface area (Å²) >= 11 is 0. The van der Waals surface area contributed by atoms with E-state index in [-0.39, 0.29) is 11.7 Å². The Balaban J connectivity index is 2.18. The number of carboxylic acid groups (broad SMARTS) is 1. The summed E-state index contributed by atoms with van der Waals surface area (Å²) in [5, 5.41) is 8.77. The van der Waals surface area contributed by atoms with E-state index in [4.69, 9.17) is 5.11 Å². The molecule has 1 saturated carbocycles. The van der Waals surface area contributed by atoms with Crippen molar-refractivity contribution in [1.29, 1.82) is 0 Å². The fraction of sp³-hybridized carbons (Fsp3) is 0.364. The van der Waals surface area contributed by atoms with E-state index in [2.05, 4.69) is 4.74 Å². The summed E-state index contributed by atoms with van der Waals surface area (Å²) in [5.74, 6) is -1.49. The number of ether oxygens (including phenoxy) is 1. The molecule has 2 atom stereocenters. The number of benzene rings is 1. The average molecular weight is 228 g/mol. The van der Waals surface area contributed by atoms with Crippen LogP contribution in [0, 0.1) is 5.92 Å². The highest BCUT2D eigenvalue weighted by Crippen LogP contribution is 2.50. The van der Waals surface area contributed by atoms with Gasteiger partial charge in [0.15, 0.2) is 0 Å². The minimum absolute atomic E-state index is 0.0752. The van der Waals surface area contributed by atoms with Crippen LogP contribution in [0.15, 0.2) is 24.3 Å². The molecule has 1 aliphatic carbocycles. The van der Waals surface area contributed by atoms with Crippen LogP contribution in [0.4, 0.5) is 8.78 Å². The standard InChI is InChI=1S/C11H10F2O3/c12-11(13)16-9-4-2-1-3-6(9)7-5-8(7)10(14)15/h1-4,7-8,11H,5H2,(H,14,15)/t7-,8-/m1/s1. The van der Waals surface area contributed by atoms with E-state index in [1.807, 2.05) is 0 Å². The zero-order valence-electron chi connectivity index (χ0n) is 8.27. The molecule has 2 rings (SSSR count). The molecule has 1 N–H and O–H groups in total. The van der Waals surface area contributed by atoms with Crippen molar-refractivity contribution >= 4 is 5.97 Å². The smallest absolute Gasteiger partial charge is 0.387 e. The number of carboxylic acids is 1. The summed E-state index contributed by atoms with van der Waals surface area (Å²) in [6.45, 7) is -2.89. The lowest BCUT2D eigenvalue weighted by Crippen LogP contribution is -2.05. The van der Waals surface area contributed by atoms with Crippen molar-refractivity contribution in [2.45, 2.75) is 19.0 Å². The predicted octanol–water partition coefficient (Wildman–Crippen LogP) is 2.48. The van der Waals surface area contributed by atoms with Gasteiger partial charge in [-0.2, -0.15) is 8.78 Å². The van der Waals surface area contributed by atoms with E-state index in [1.54, 1.807) is 18.2 Å². The normalized spacial score (nSPS) is 23.2. The first kappa shape index (κ1) is 10.9. The van der Waals surface area contributed by atoms with Crippen LogP contribution in [0.1, 0.15) is 17.9 Å². The van der Waals surface area contributed by atoms with Gasteiger partial charge in [0, 0.05) is 5.92 Å². The minimum atomic E-state index is -2.89. The molecule has 0 spiro atoms. The number of hydrogen-bond donors (Lipinski definition) is 1. The second-order valence-electron chi connectivity index (χ2n) is 3.70. The van der Waals surface area contributed by atoms with Gasteiger partial charge in [-0.05, 0) is 18.1 Å². The maximum Gasteiger partial charge on any atom is 0.387 e. The molecule has 1 fully saturated rings. The highest BCUT2D eigenvalue weighted by Gasteiger charge is 2.45. The Bertz CT molecular complexity index is 406. The molecule has 5 heteroatoms. The van der Waals surface area contributed by atoms with Gasteiger partial charge in [-0.25, -0.2) is 0 Å². The molecule has 0 bridgehead atoms. The summed E-state index contributed by atoms with van der Waals surface area (Å²) in [5.41, 5.74) is 0.551. The molecule has 1 aliphatic rings. The van der Waals surface area contributed by atoms with Crippen LogP contribution in [0.2, 0.25) is 0 Å². The first-order chi connectivity index (χ1) is 7.59. The summed E-state index contributed by atoms with van der Waals surface area (Å²) in [6, 6.07) is 6.33. The SMILES string of the molecule is O=C(O)[C@@H]1C[C@@H]1c1ccccc1OC(F)F. The van der Waals surface area contributed by atoms with Crippen LogP contribution < -0.4 is 4.74 Å². The maximum absolute atomic E-state index is 12.1. The maximum atomic E-state index is 12.1. The summed E-state index contributed by atoms with van der Waals surface area (Å²) in [4.78, 5) is 10.7. The van der Waals surface area contributed by atoms with Crippen molar-refractivity contribution in [1.82, 2.24) is 0 Å². The Morgan fingerprint density at radius 2 is 2.12 bits per heavy atom. The molecule has 1 aromatic rings. The third kappa shape index (κ3) is 2.13. The second-order valence-corrected chi connectivity index (χ2v) is 3.70. The van der Waals surface area contributed by atoms with Gasteiger partial charge in [0.1, 0.15) is 5.75 Å². The van der Waals surface area contributed by atoms with Crippen LogP contribution in [-0.2, 0) is 4.79 Å². The monoisotopic (exact) mass is 228 g/mol.